The zero-order valence-corrected chi connectivity index (χ0v) is 20.6. The van der Waals surface area contributed by atoms with Gasteiger partial charge in [0, 0.05) is 17.5 Å². The van der Waals surface area contributed by atoms with Crippen molar-refractivity contribution < 1.29 is 21.6 Å². The summed E-state index contributed by atoms with van der Waals surface area (Å²) < 4.78 is 51.4. The Morgan fingerprint density at radius 1 is 0.909 bits per heavy atom. The van der Waals surface area contributed by atoms with E-state index in [9.17, 15) is 21.6 Å². The van der Waals surface area contributed by atoms with E-state index in [1.54, 1.807) is 43.3 Å². The van der Waals surface area contributed by atoms with Gasteiger partial charge in [-0.15, -0.1) is 0 Å². The number of carbonyl (C=O) groups excluding carboxylic acids is 1. The number of sulfone groups is 1. The van der Waals surface area contributed by atoms with Crippen LogP contribution in [0.25, 0.3) is 0 Å². The Labute approximate surface area is 198 Å². The molecule has 174 valence electrons. The van der Waals surface area contributed by atoms with Gasteiger partial charge in [-0.3, -0.25) is 9.52 Å². The summed E-state index contributed by atoms with van der Waals surface area (Å²) in [7, 11) is -7.35. The van der Waals surface area contributed by atoms with Gasteiger partial charge < -0.3 is 5.32 Å². The number of sulfonamides is 1. The van der Waals surface area contributed by atoms with Crippen LogP contribution in [0.15, 0.2) is 76.5 Å². The fourth-order valence-corrected chi connectivity index (χ4v) is 5.27. The molecule has 0 unspecified atom stereocenters. The number of benzene rings is 3. The van der Waals surface area contributed by atoms with Crippen LogP contribution in [0.4, 0.5) is 5.69 Å². The lowest BCUT2D eigenvalue weighted by Gasteiger charge is -2.16. The molecular weight excluding hydrogens is 484 g/mol. The number of nitrogens with one attached hydrogen (secondary N) is 2. The third kappa shape index (κ3) is 6.13. The number of amides is 1. The molecule has 1 atom stereocenters. The molecule has 7 nitrogen and oxygen atoms in total. The van der Waals surface area contributed by atoms with Gasteiger partial charge in [0.05, 0.1) is 16.0 Å². The number of hydrogen-bond acceptors (Lipinski definition) is 5. The van der Waals surface area contributed by atoms with Crippen LogP contribution in [-0.2, 0) is 19.9 Å². The lowest BCUT2D eigenvalue weighted by Crippen LogP contribution is -2.27. The number of carbonyl (C=O) groups is 1. The number of halogens is 1. The summed E-state index contributed by atoms with van der Waals surface area (Å²) in [6, 6.07) is 16.5. The SMILES string of the molecule is Cc1ccc(NS(=O)(=O)c2cc(C(=O)N[C@H](C)c3ccc(S(C)(=O)=O)cc3)ccc2Cl)cc1. The van der Waals surface area contributed by atoms with Crippen LogP contribution in [0.2, 0.25) is 5.02 Å². The standard InChI is InChI=1S/C23H23ClN2O5S2/c1-15-4-9-19(10-5-15)26-33(30,31)22-14-18(8-13-21(22)24)23(27)25-16(2)17-6-11-20(12-7-17)32(3,28)29/h4-14,16,26H,1-3H3,(H,25,27)/t16-/m1/s1. The molecule has 0 aliphatic carbocycles. The molecule has 3 aromatic carbocycles. The number of aryl methyl sites for hydroxylation is 1. The van der Waals surface area contributed by atoms with E-state index in [2.05, 4.69) is 10.0 Å². The normalized spacial score (nSPS) is 12.7. The molecular formula is C23H23ClN2O5S2. The average molecular weight is 507 g/mol. The minimum Gasteiger partial charge on any atom is -0.346 e. The highest BCUT2D eigenvalue weighted by Gasteiger charge is 2.21. The molecule has 1 amide bonds. The molecule has 10 heteroatoms. The number of anilines is 1. The Balaban J connectivity index is 1.80. The van der Waals surface area contributed by atoms with Crippen LogP contribution in [0.3, 0.4) is 0 Å². The maximum Gasteiger partial charge on any atom is 0.263 e. The predicted molar refractivity (Wildman–Crippen MR) is 129 cm³/mol. The molecule has 0 fully saturated rings. The molecule has 0 aromatic heterocycles. The molecule has 0 aliphatic heterocycles. The topological polar surface area (TPSA) is 109 Å². The van der Waals surface area contributed by atoms with Crippen molar-refractivity contribution in [3.05, 3.63) is 88.4 Å². The van der Waals surface area contributed by atoms with E-state index in [1.165, 1.54) is 30.3 Å². The fraction of sp³-hybridized carbons (Fsp3) is 0.174. The van der Waals surface area contributed by atoms with Gasteiger partial charge in [0.25, 0.3) is 15.9 Å². The molecule has 0 radical (unpaired) electrons. The van der Waals surface area contributed by atoms with Gasteiger partial charge in [-0.2, -0.15) is 0 Å². The Morgan fingerprint density at radius 2 is 1.52 bits per heavy atom. The van der Waals surface area contributed by atoms with Crippen molar-refractivity contribution in [2.75, 3.05) is 11.0 Å². The van der Waals surface area contributed by atoms with Gasteiger partial charge in [0.15, 0.2) is 9.84 Å². The first kappa shape index (κ1) is 24.8. The van der Waals surface area contributed by atoms with Crippen molar-refractivity contribution in [3.8, 4) is 0 Å². The Hall–Kier alpha value is -2.88. The zero-order valence-electron chi connectivity index (χ0n) is 18.2. The van der Waals surface area contributed by atoms with Gasteiger partial charge in [-0.25, -0.2) is 16.8 Å². The summed E-state index contributed by atoms with van der Waals surface area (Å²) in [4.78, 5) is 12.7. The van der Waals surface area contributed by atoms with Crippen LogP contribution in [0.5, 0.6) is 0 Å². The van der Waals surface area contributed by atoms with Gasteiger partial charge in [0.1, 0.15) is 4.90 Å². The maximum absolute atomic E-state index is 12.9. The number of rotatable bonds is 7. The summed E-state index contributed by atoms with van der Waals surface area (Å²) in [6.07, 6.45) is 1.12. The van der Waals surface area contributed by atoms with E-state index in [0.29, 0.717) is 11.3 Å². The molecule has 0 bridgehead atoms. The van der Waals surface area contributed by atoms with E-state index in [-0.39, 0.29) is 20.4 Å². The van der Waals surface area contributed by atoms with Crippen LogP contribution in [-0.4, -0.2) is 29.0 Å². The van der Waals surface area contributed by atoms with E-state index in [1.807, 2.05) is 6.92 Å². The Kier molecular flexibility index (Phi) is 7.16. The fourth-order valence-electron chi connectivity index (χ4n) is 3.05. The van der Waals surface area contributed by atoms with Crippen LogP contribution in [0.1, 0.15) is 34.5 Å². The highest BCUT2D eigenvalue weighted by molar-refractivity contribution is 7.92. The molecule has 0 saturated heterocycles. The second-order valence-corrected chi connectivity index (χ2v) is 11.7. The molecule has 0 spiro atoms. The molecule has 0 heterocycles. The van der Waals surface area contributed by atoms with Crippen LogP contribution < -0.4 is 10.0 Å². The Bertz CT molecular complexity index is 1390. The van der Waals surface area contributed by atoms with Gasteiger partial charge in [-0.05, 0) is 61.9 Å². The Morgan fingerprint density at radius 3 is 2.09 bits per heavy atom. The first-order valence-corrected chi connectivity index (χ1v) is 13.6. The van der Waals surface area contributed by atoms with E-state index in [0.717, 1.165) is 11.8 Å². The lowest BCUT2D eigenvalue weighted by atomic mass is 10.1. The van der Waals surface area contributed by atoms with Crippen LogP contribution >= 0.6 is 11.6 Å². The average Bonchev–Trinajstić information content (AvgIpc) is 2.74. The van der Waals surface area contributed by atoms with Crippen molar-refractivity contribution in [2.45, 2.75) is 29.7 Å². The molecule has 3 aromatic rings. The number of hydrogen-bond donors (Lipinski definition) is 2. The van der Waals surface area contributed by atoms with E-state index in [4.69, 9.17) is 11.6 Å². The first-order valence-electron chi connectivity index (χ1n) is 9.87. The molecule has 0 saturated carbocycles. The molecule has 0 aliphatic rings. The minimum atomic E-state index is -4.03. The van der Waals surface area contributed by atoms with Crippen molar-refractivity contribution in [2.24, 2.45) is 0 Å². The highest BCUT2D eigenvalue weighted by Crippen LogP contribution is 2.26. The zero-order chi connectivity index (χ0) is 24.4. The van der Waals surface area contributed by atoms with Gasteiger partial charge in [0.2, 0.25) is 0 Å². The summed E-state index contributed by atoms with van der Waals surface area (Å²) in [5, 5.41) is 2.76. The molecule has 33 heavy (non-hydrogen) atoms. The molecule has 2 N–H and O–H groups in total. The lowest BCUT2D eigenvalue weighted by molar-refractivity contribution is 0.0939. The predicted octanol–water partition coefficient (Wildman–Crippen LogP) is 4.34. The second kappa shape index (κ2) is 9.54. The summed E-state index contributed by atoms with van der Waals surface area (Å²) in [5.41, 5.74) is 2.16. The maximum atomic E-state index is 12.9. The smallest absolute Gasteiger partial charge is 0.263 e. The van der Waals surface area contributed by atoms with Gasteiger partial charge in [-0.1, -0.05) is 41.4 Å². The molecule has 3 rings (SSSR count). The first-order chi connectivity index (χ1) is 15.4. The van der Waals surface area contributed by atoms with Crippen molar-refractivity contribution in [1.82, 2.24) is 5.32 Å². The third-order valence-electron chi connectivity index (χ3n) is 4.94. The quantitative estimate of drug-likeness (QED) is 0.495. The summed E-state index contributed by atoms with van der Waals surface area (Å²) in [6.45, 7) is 3.62. The van der Waals surface area contributed by atoms with E-state index >= 15 is 0 Å². The second-order valence-electron chi connectivity index (χ2n) is 7.65. The highest BCUT2D eigenvalue weighted by atomic mass is 35.5. The van der Waals surface area contributed by atoms with Crippen molar-refractivity contribution in [3.63, 3.8) is 0 Å². The summed E-state index contributed by atoms with van der Waals surface area (Å²) in [5.74, 6) is -0.502. The van der Waals surface area contributed by atoms with Crippen molar-refractivity contribution in [1.29, 1.82) is 0 Å². The van der Waals surface area contributed by atoms with E-state index < -0.39 is 31.8 Å². The monoisotopic (exact) mass is 506 g/mol. The van der Waals surface area contributed by atoms with Gasteiger partial charge >= 0.3 is 0 Å². The largest absolute Gasteiger partial charge is 0.346 e. The summed E-state index contributed by atoms with van der Waals surface area (Å²) >= 11 is 6.13. The third-order valence-corrected chi connectivity index (χ3v) is 7.93. The minimum absolute atomic E-state index is 0.0180. The van der Waals surface area contributed by atoms with Crippen molar-refractivity contribution >= 4 is 43.1 Å². The van der Waals surface area contributed by atoms with Crippen LogP contribution in [0, 0.1) is 6.92 Å².